The molecule has 0 bridgehead atoms. The number of para-hydroxylation sites is 2. The average molecular weight is 288 g/mol. The molecule has 1 N–H and O–H groups in total. The van der Waals surface area contributed by atoms with Gasteiger partial charge in [-0.1, -0.05) is 23.7 Å². The van der Waals surface area contributed by atoms with E-state index in [0.29, 0.717) is 6.61 Å². The molecule has 3 nitrogen and oxygen atoms in total. The number of imidazole rings is 1. The van der Waals surface area contributed by atoms with Crippen LogP contribution in [0.5, 0.6) is 5.75 Å². The van der Waals surface area contributed by atoms with Crippen LogP contribution in [0.15, 0.2) is 48.5 Å². The highest BCUT2D eigenvalue weighted by atomic mass is 35.5. The zero-order chi connectivity index (χ0) is 13.9. The van der Waals surface area contributed by atoms with Gasteiger partial charge in [-0.15, -0.1) is 0 Å². The Kier molecular flexibility index (Phi) is 3.61. The number of ether oxygens (including phenoxy) is 1. The molecule has 0 saturated carbocycles. The van der Waals surface area contributed by atoms with Crippen molar-refractivity contribution in [2.24, 2.45) is 0 Å². The molecule has 0 unspecified atom stereocenters. The first-order valence-corrected chi connectivity index (χ1v) is 6.97. The number of nitrogens with one attached hydrogen (secondary N) is 1. The molecule has 102 valence electrons. The maximum Gasteiger partial charge on any atom is 0.252 e. The molecule has 1 heterocycles. The predicted octanol–water partition coefficient (Wildman–Crippen LogP) is 3.50. The van der Waals surface area contributed by atoms with Crippen molar-refractivity contribution in [2.45, 2.75) is 13.5 Å². The Morgan fingerprint density at radius 2 is 1.85 bits per heavy atom. The standard InChI is InChI=1S/C16H15ClN2O/c1-12-18-15-4-2-3-5-16(15)19(12)10-11-20-14-8-6-13(17)7-9-14/h2-9H,10-11H2,1H3/p+1. The molecule has 1 aromatic heterocycles. The Morgan fingerprint density at radius 3 is 2.65 bits per heavy atom. The zero-order valence-electron chi connectivity index (χ0n) is 11.3. The third-order valence-electron chi connectivity index (χ3n) is 3.31. The van der Waals surface area contributed by atoms with Gasteiger partial charge in [-0.2, -0.15) is 0 Å². The van der Waals surface area contributed by atoms with E-state index in [4.69, 9.17) is 16.3 Å². The summed E-state index contributed by atoms with van der Waals surface area (Å²) in [6.07, 6.45) is 0. The smallest absolute Gasteiger partial charge is 0.252 e. The van der Waals surface area contributed by atoms with E-state index in [2.05, 4.69) is 28.6 Å². The minimum Gasteiger partial charge on any atom is -0.489 e. The van der Waals surface area contributed by atoms with Crippen LogP contribution >= 0.6 is 11.6 Å². The first kappa shape index (κ1) is 13.0. The lowest BCUT2D eigenvalue weighted by Gasteiger charge is -2.05. The number of nitrogens with zero attached hydrogens (tertiary/aromatic N) is 1. The lowest BCUT2D eigenvalue weighted by Crippen LogP contribution is -2.38. The number of hydrogen-bond acceptors (Lipinski definition) is 1. The molecule has 0 aliphatic rings. The summed E-state index contributed by atoms with van der Waals surface area (Å²) in [6.45, 7) is 3.50. The lowest BCUT2D eigenvalue weighted by atomic mass is 10.3. The fourth-order valence-corrected chi connectivity index (χ4v) is 2.46. The summed E-state index contributed by atoms with van der Waals surface area (Å²) in [5.41, 5.74) is 2.35. The molecule has 2 aromatic carbocycles. The van der Waals surface area contributed by atoms with Gasteiger partial charge in [-0.3, -0.25) is 0 Å². The van der Waals surface area contributed by atoms with Gasteiger partial charge in [0.15, 0.2) is 11.0 Å². The van der Waals surface area contributed by atoms with E-state index in [1.807, 2.05) is 36.4 Å². The van der Waals surface area contributed by atoms with Crippen molar-refractivity contribution in [1.29, 1.82) is 0 Å². The normalized spacial score (nSPS) is 10.9. The van der Waals surface area contributed by atoms with E-state index < -0.39 is 0 Å². The van der Waals surface area contributed by atoms with Crippen LogP contribution in [0, 0.1) is 6.92 Å². The fourth-order valence-electron chi connectivity index (χ4n) is 2.33. The molecular weight excluding hydrogens is 272 g/mol. The summed E-state index contributed by atoms with van der Waals surface area (Å²) in [6, 6.07) is 15.7. The molecule has 0 spiro atoms. The highest BCUT2D eigenvalue weighted by molar-refractivity contribution is 6.30. The number of aromatic nitrogens is 2. The van der Waals surface area contributed by atoms with Gasteiger partial charge < -0.3 is 4.74 Å². The maximum atomic E-state index is 5.85. The van der Waals surface area contributed by atoms with E-state index in [1.54, 1.807) is 0 Å². The molecule has 0 amide bonds. The number of aryl methyl sites for hydroxylation is 1. The van der Waals surface area contributed by atoms with E-state index in [-0.39, 0.29) is 0 Å². The van der Waals surface area contributed by atoms with Crippen LogP contribution in [0.1, 0.15) is 5.82 Å². The summed E-state index contributed by atoms with van der Waals surface area (Å²) in [7, 11) is 0. The first-order chi connectivity index (χ1) is 9.74. The number of aromatic amines is 1. The second-order valence-corrected chi connectivity index (χ2v) is 5.12. The van der Waals surface area contributed by atoms with Gasteiger partial charge in [-0.25, -0.2) is 9.55 Å². The maximum absolute atomic E-state index is 5.85. The summed E-state index contributed by atoms with van der Waals surface area (Å²) in [5, 5.41) is 0.721. The molecule has 0 atom stereocenters. The Hall–Kier alpha value is -2.00. The van der Waals surface area contributed by atoms with Gasteiger partial charge in [0.1, 0.15) is 18.9 Å². The van der Waals surface area contributed by atoms with Crippen molar-refractivity contribution in [3.63, 3.8) is 0 Å². The third kappa shape index (κ3) is 2.63. The van der Waals surface area contributed by atoms with Crippen molar-refractivity contribution in [2.75, 3.05) is 6.61 Å². The monoisotopic (exact) mass is 287 g/mol. The van der Waals surface area contributed by atoms with Gasteiger partial charge in [0.25, 0.3) is 5.82 Å². The van der Waals surface area contributed by atoms with Gasteiger partial charge in [-0.05, 0) is 36.4 Å². The Morgan fingerprint density at radius 1 is 1.10 bits per heavy atom. The molecule has 0 fully saturated rings. The fraction of sp³-hybridized carbons (Fsp3) is 0.188. The second kappa shape index (κ2) is 5.55. The molecule has 3 aromatic rings. The Labute approximate surface area is 122 Å². The van der Waals surface area contributed by atoms with Crippen molar-refractivity contribution in [1.82, 2.24) is 4.98 Å². The van der Waals surface area contributed by atoms with Gasteiger partial charge in [0, 0.05) is 11.9 Å². The minimum absolute atomic E-state index is 0.620. The van der Waals surface area contributed by atoms with Crippen LogP contribution in [0.25, 0.3) is 11.0 Å². The summed E-state index contributed by atoms with van der Waals surface area (Å²) in [5.74, 6) is 1.97. The number of H-pyrrole nitrogens is 1. The number of hydrogen-bond donors (Lipinski definition) is 1. The third-order valence-corrected chi connectivity index (χ3v) is 3.56. The van der Waals surface area contributed by atoms with E-state index in [9.17, 15) is 0 Å². The number of fused-ring (bicyclic) bond motifs is 1. The molecule has 3 rings (SSSR count). The van der Waals surface area contributed by atoms with Crippen LogP contribution in [-0.2, 0) is 6.54 Å². The van der Waals surface area contributed by atoms with Crippen molar-refractivity contribution < 1.29 is 9.30 Å². The number of benzene rings is 2. The molecule has 0 aliphatic heterocycles. The quantitative estimate of drug-likeness (QED) is 0.731. The first-order valence-electron chi connectivity index (χ1n) is 6.59. The van der Waals surface area contributed by atoms with Gasteiger partial charge >= 0.3 is 0 Å². The molecule has 0 radical (unpaired) electrons. The molecule has 4 heteroatoms. The minimum atomic E-state index is 0.620. The molecular formula is C16H16ClN2O+. The lowest BCUT2D eigenvalue weighted by molar-refractivity contribution is -0.678. The SMILES string of the molecule is Cc1[nH]c2ccccc2[n+]1CCOc1ccc(Cl)cc1. The van der Waals surface area contributed by atoms with Crippen LogP contribution in [0.2, 0.25) is 5.02 Å². The molecule has 0 aliphatic carbocycles. The predicted molar refractivity (Wildman–Crippen MR) is 80.2 cm³/mol. The second-order valence-electron chi connectivity index (χ2n) is 4.68. The summed E-state index contributed by atoms with van der Waals surface area (Å²) >= 11 is 5.85. The van der Waals surface area contributed by atoms with E-state index >= 15 is 0 Å². The zero-order valence-corrected chi connectivity index (χ0v) is 12.0. The Bertz CT molecular complexity index is 719. The number of halogens is 1. The van der Waals surface area contributed by atoms with Crippen molar-refractivity contribution >= 4 is 22.6 Å². The van der Waals surface area contributed by atoms with Crippen molar-refractivity contribution in [3.05, 3.63) is 59.4 Å². The van der Waals surface area contributed by atoms with Crippen LogP contribution in [0.4, 0.5) is 0 Å². The van der Waals surface area contributed by atoms with E-state index in [0.717, 1.165) is 28.7 Å². The summed E-state index contributed by atoms with van der Waals surface area (Å²) in [4.78, 5) is 3.37. The number of rotatable bonds is 4. The van der Waals surface area contributed by atoms with Crippen LogP contribution in [0.3, 0.4) is 0 Å². The Balaban J connectivity index is 1.71. The molecule has 20 heavy (non-hydrogen) atoms. The summed E-state index contributed by atoms with van der Waals surface area (Å²) < 4.78 is 7.97. The van der Waals surface area contributed by atoms with Crippen molar-refractivity contribution in [3.8, 4) is 5.75 Å². The van der Waals surface area contributed by atoms with Gasteiger partial charge in [0.05, 0.1) is 0 Å². The van der Waals surface area contributed by atoms with Crippen LogP contribution < -0.4 is 9.30 Å². The van der Waals surface area contributed by atoms with E-state index in [1.165, 1.54) is 5.52 Å². The molecule has 0 saturated heterocycles. The van der Waals surface area contributed by atoms with Gasteiger partial charge in [0.2, 0.25) is 0 Å². The highest BCUT2D eigenvalue weighted by Gasteiger charge is 2.13. The largest absolute Gasteiger partial charge is 0.489 e. The topological polar surface area (TPSA) is 28.9 Å². The highest BCUT2D eigenvalue weighted by Crippen LogP contribution is 2.15. The van der Waals surface area contributed by atoms with Crippen LogP contribution in [-0.4, -0.2) is 11.6 Å². The average Bonchev–Trinajstić information content (AvgIpc) is 2.77.